The van der Waals surface area contributed by atoms with E-state index in [1.165, 1.54) is 0 Å². The fraction of sp³-hybridized carbons (Fsp3) is 0.267. The number of halogens is 2. The van der Waals surface area contributed by atoms with Crippen LogP contribution in [0.1, 0.15) is 25.3 Å². The quantitative estimate of drug-likeness (QED) is 0.820. The summed E-state index contributed by atoms with van der Waals surface area (Å²) in [5.41, 5.74) is 10.9. The average molecular weight is 319 g/mol. The lowest BCUT2D eigenvalue weighted by molar-refractivity contribution is 0.294. The summed E-state index contributed by atoms with van der Waals surface area (Å²) < 4.78 is 33.1. The molecule has 0 spiro atoms. The molecule has 0 bridgehead atoms. The molecule has 0 unspecified atom stereocenters. The Kier molecular flexibility index (Phi) is 4.91. The van der Waals surface area contributed by atoms with Crippen molar-refractivity contribution in [3.8, 4) is 23.1 Å². The Labute approximate surface area is 131 Å². The molecule has 1 heterocycles. The summed E-state index contributed by atoms with van der Waals surface area (Å²) in [5, 5.41) is 9.22. The summed E-state index contributed by atoms with van der Waals surface area (Å²) >= 11 is 0. The van der Waals surface area contributed by atoms with E-state index in [2.05, 4.69) is 9.97 Å². The molecule has 2 rings (SSSR count). The standard InChI is InChI=1S/C15H15F2N5O/c1-2-3-4-23-13-9(5-8(16)6-11(13)17)12-10(7-18)14(19)22-15(20)21-12/h5-6H,2-4H2,1H3,(H4,19,20,21,22). The number of rotatable bonds is 5. The lowest BCUT2D eigenvalue weighted by Gasteiger charge is -2.14. The molecule has 8 heteroatoms. The molecule has 0 aliphatic rings. The number of hydrogen-bond donors (Lipinski definition) is 2. The second-order valence-electron chi connectivity index (χ2n) is 4.77. The first-order valence-electron chi connectivity index (χ1n) is 6.93. The van der Waals surface area contributed by atoms with E-state index in [1.807, 2.05) is 13.0 Å². The van der Waals surface area contributed by atoms with Gasteiger partial charge in [-0.3, -0.25) is 0 Å². The summed E-state index contributed by atoms with van der Waals surface area (Å²) in [6, 6.07) is 3.54. The average Bonchev–Trinajstić information content (AvgIpc) is 2.48. The fourth-order valence-electron chi connectivity index (χ4n) is 2.00. The second-order valence-corrected chi connectivity index (χ2v) is 4.77. The van der Waals surface area contributed by atoms with Crippen molar-refractivity contribution in [3.63, 3.8) is 0 Å². The molecule has 23 heavy (non-hydrogen) atoms. The highest BCUT2D eigenvalue weighted by molar-refractivity contribution is 5.77. The largest absolute Gasteiger partial charge is 0.490 e. The third kappa shape index (κ3) is 3.45. The van der Waals surface area contributed by atoms with Gasteiger partial charge in [0.05, 0.1) is 12.3 Å². The molecule has 0 aliphatic heterocycles. The highest BCUT2D eigenvalue weighted by atomic mass is 19.1. The number of anilines is 2. The van der Waals surface area contributed by atoms with Crippen molar-refractivity contribution in [1.82, 2.24) is 9.97 Å². The number of aromatic nitrogens is 2. The van der Waals surface area contributed by atoms with Crippen LogP contribution < -0.4 is 16.2 Å². The summed E-state index contributed by atoms with van der Waals surface area (Å²) in [6.07, 6.45) is 1.53. The number of nitrogen functional groups attached to an aromatic ring is 2. The molecule has 0 saturated heterocycles. The van der Waals surface area contributed by atoms with Crippen molar-refractivity contribution in [2.75, 3.05) is 18.1 Å². The number of nitrogens with zero attached hydrogens (tertiary/aromatic N) is 3. The maximum atomic E-state index is 14.1. The van der Waals surface area contributed by atoms with Gasteiger partial charge in [-0.1, -0.05) is 13.3 Å². The molecule has 0 saturated carbocycles. The Hall–Kier alpha value is -2.95. The van der Waals surface area contributed by atoms with Crippen molar-refractivity contribution >= 4 is 11.8 Å². The predicted molar refractivity (Wildman–Crippen MR) is 81.3 cm³/mol. The first kappa shape index (κ1) is 16.4. The molecule has 120 valence electrons. The zero-order valence-electron chi connectivity index (χ0n) is 12.4. The summed E-state index contributed by atoms with van der Waals surface area (Å²) in [7, 11) is 0. The van der Waals surface area contributed by atoms with E-state index in [-0.39, 0.29) is 40.9 Å². The molecule has 2 aromatic rings. The monoisotopic (exact) mass is 319 g/mol. The summed E-state index contributed by atoms with van der Waals surface area (Å²) in [6.45, 7) is 2.19. The summed E-state index contributed by atoms with van der Waals surface area (Å²) in [4.78, 5) is 7.57. The fourth-order valence-corrected chi connectivity index (χ4v) is 2.00. The molecule has 0 radical (unpaired) electrons. The zero-order valence-corrected chi connectivity index (χ0v) is 12.4. The minimum Gasteiger partial charge on any atom is -0.490 e. The van der Waals surface area contributed by atoms with Crippen LogP contribution in [0.15, 0.2) is 12.1 Å². The number of ether oxygens (including phenoxy) is 1. The SMILES string of the molecule is CCCCOc1c(F)cc(F)cc1-c1nc(N)nc(N)c1C#N. The Morgan fingerprint density at radius 3 is 2.65 bits per heavy atom. The second kappa shape index (κ2) is 6.87. The molecule has 1 aromatic heterocycles. The minimum absolute atomic E-state index is 0.0315. The van der Waals surface area contributed by atoms with Crippen LogP contribution in [-0.4, -0.2) is 16.6 Å². The topological polar surface area (TPSA) is 111 Å². The Balaban J connectivity index is 2.65. The van der Waals surface area contributed by atoms with Gasteiger partial charge in [-0.25, -0.2) is 13.8 Å². The number of nitrogens with two attached hydrogens (primary N) is 2. The zero-order chi connectivity index (χ0) is 17.0. The minimum atomic E-state index is -0.893. The van der Waals surface area contributed by atoms with E-state index in [0.717, 1.165) is 12.5 Å². The first-order chi connectivity index (χ1) is 11.0. The third-order valence-electron chi connectivity index (χ3n) is 3.07. The van der Waals surface area contributed by atoms with Crippen LogP contribution in [0.5, 0.6) is 5.75 Å². The van der Waals surface area contributed by atoms with E-state index in [9.17, 15) is 14.0 Å². The van der Waals surface area contributed by atoms with Gasteiger partial charge in [0.1, 0.15) is 23.3 Å². The van der Waals surface area contributed by atoms with Gasteiger partial charge >= 0.3 is 0 Å². The number of hydrogen-bond acceptors (Lipinski definition) is 6. The van der Waals surface area contributed by atoms with Gasteiger partial charge in [-0.2, -0.15) is 10.2 Å². The highest BCUT2D eigenvalue weighted by Gasteiger charge is 2.21. The Bertz CT molecular complexity index is 773. The van der Waals surface area contributed by atoms with Crippen LogP contribution in [-0.2, 0) is 0 Å². The highest BCUT2D eigenvalue weighted by Crippen LogP contribution is 2.35. The molecule has 1 aromatic carbocycles. The van der Waals surface area contributed by atoms with Crippen LogP contribution >= 0.6 is 0 Å². The van der Waals surface area contributed by atoms with Gasteiger partial charge < -0.3 is 16.2 Å². The number of nitriles is 1. The van der Waals surface area contributed by atoms with Gasteiger partial charge in [0.15, 0.2) is 11.6 Å². The Morgan fingerprint density at radius 1 is 1.26 bits per heavy atom. The van der Waals surface area contributed by atoms with E-state index in [4.69, 9.17) is 16.2 Å². The van der Waals surface area contributed by atoms with Crippen LogP contribution in [0, 0.1) is 23.0 Å². The van der Waals surface area contributed by atoms with Crippen LogP contribution in [0.4, 0.5) is 20.5 Å². The number of unbranched alkanes of at least 4 members (excludes halogenated alkanes) is 1. The lowest BCUT2D eigenvalue weighted by Crippen LogP contribution is -2.07. The maximum absolute atomic E-state index is 14.1. The normalized spacial score (nSPS) is 10.3. The van der Waals surface area contributed by atoms with Crippen LogP contribution in [0.3, 0.4) is 0 Å². The van der Waals surface area contributed by atoms with Crippen molar-refractivity contribution in [2.24, 2.45) is 0 Å². The van der Waals surface area contributed by atoms with Crippen LogP contribution in [0.2, 0.25) is 0 Å². The molecule has 4 N–H and O–H groups in total. The van der Waals surface area contributed by atoms with Crippen molar-refractivity contribution < 1.29 is 13.5 Å². The molecular formula is C15H15F2N5O. The first-order valence-corrected chi connectivity index (χ1v) is 6.93. The van der Waals surface area contributed by atoms with Gasteiger partial charge in [0.25, 0.3) is 0 Å². The van der Waals surface area contributed by atoms with E-state index in [0.29, 0.717) is 12.5 Å². The van der Waals surface area contributed by atoms with Crippen molar-refractivity contribution in [1.29, 1.82) is 5.26 Å². The molecule has 6 nitrogen and oxygen atoms in total. The molecule has 0 amide bonds. The van der Waals surface area contributed by atoms with E-state index in [1.54, 1.807) is 0 Å². The van der Waals surface area contributed by atoms with E-state index >= 15 is 0 Å². The van der Waals surface area contributed by atoms with Gasteiger partial charge in [-0.15, -0.1) is 0 Å². The van der Waals surface area contributed by atoms with Crippen molar-refractivity contribution in [3.05, 3.63) is 29.3 Å². The van der Waals surface area contributed by atoms with Gasteiger partial charge in [-0.05, 0) is 12.5 Å². The molecule has 0 aliphatic carbocycles. The van der Waals surface area contributed by atoms with Gasteiger partial charge in [0.2, 0.25) is 5.95 Å². The molecule has 0 atom stereocenters. The lowest BCUT2D eigenvalue weighted by atomic mass is 10.1. The predicted octanol–water partition coefficient (Wildman–Crippen LogP) is 2.64. The van der Waals surface area contributed by atoms with Crippen molar-refractivity contribution in [2.45, 2.75) is 19.8 Å². The Morgan fingerprint density at radius 2 is 2.00 bits per heavy atom. The van der Waals surface area contributed by atoms with Gasteiger partial charge in [0, 0.05) is 11.6 Å². The molecule has 0 fully saturated rings. The summed E-state index contributed by atoms with van der Waals surface area (Å²) in [5.74, 6) is -2.30. The number of benzene rings is 1. The third-order valence-corrected chi connectivity index (χ3v) is 3.07. The van der Waals surface area contributed by atoms with Crippen LogP contribution in [0.25, 0.3) is 11.3 Å². The molecular weight excluding hydrogens is 304 g/mol. The maximum Gasteiger partial charge on any atom is 0.222 e. The smallest absolute Gasteiger partial charge is 0.222 e. The van der Waals surface area contributed by atoms with E-state index < -0.39 is 11.6 Å².